The number of carboxylic acids is 1. The van der Waals surface area contributed by atoms with Gasteiger partial charge in [-0.05, 0) is 40.5 Å². The van der Waals surface area contributed by atoms with Crippen molar-refractivity contribution >= 4 is 12.1 Å². The number of fused-ring (bicyclic) bond motifs is 3. The standard InChI is InChI=1S/C24H29NO4/c1-4-24(2,3)14-13-21(22(26)27)25-23(28)29-15-20-18-11-7-5-9-16(18)17-10-6-8-12-19(17)20/h5-12,20-21H,4,13-15H2,1-3H3,(H,25,28)(H,26,27). The van der Waals surface area contributed by atoms with Crippen LogP contribution in [0.5, 0.6) is 0 Å². The Balaban J connectivity index is 1.63. The Bertz CT molecular complexity index is 844. The van der Waals surface area contributed by atoms with Crippen molar-refractivity contribution in [3.8, 4) is 11.1 Å². The maximum Gasteiger partial charge on any atom is 0.407 e. The molecule has 0 spiro atoms. The summed E-state index contributed by atoms with van der Waals surface area (Å²) >= 11 is 0. The minimum atomic E-state index is -1.04. The van der Waals surface area contributed by atoms with Crippen molar-refractivity contribution in [2.24, 2.45) is 5.41 Å². The fourth-order valence-corrected chi connectivity index (χ4v) is 3.75. The molecule has 2 aromatic rings. The van der Waals surface area contributed by atoms with Crippen LogP contribution in [-0.4, -0.2) is 29.8 Å². The van der Waals surface area contributed by atoms with Gasteiger partial charge >= 0.3 is 12.1 Å². The van der Waals surface area contributed by atoms with Crippen molar-refractivity contribution in [2.45, 2.75) is 52.0 Å². The van der Waals surface area contributed by atoms with Gasteiger partial charge in [-0.3, -0.25) is 0 Å². The highest BCUT2D eigenvalue weighted by Crippen LogP contribution is 2.44. The number of hydrogen-bond donors (Lipinski definition) is 2. The molecule has 0 bridgehead atoms. The third-order valence-corrected chi connectivity index (χ3v) is 6.00. The normalized spacial score (nSPS) is 14.0. The first-order chi connectivity index (χ1) is 13.8. The van der Waals surface area contributed by atoms with Gasteiger partial charge in [0.1, 0.15) is 12.6 Å². The molecule has 0 aromatic heterocycles. The monoisotopic (exact) mass is 395 g/mol. The maximum absolute atomic E-state index is 12.3. The number of amides is 1. The average Bonchev–Trinajstić information content (AvgIpc) is 3.03. The molecular formula is C24H29NO4. The highest BCUT2D eigenvalue weighted by atomic mass is 16.5. The fraction of sp³-hybridized carbons (Fsp3) is 0.417. The van der Waals surface area contributed by atoms with Gasteiger partial charge in [-0.1, -0.05) is 75.7 Å². The molecule has 0 saturated heterocycles. The number of alkyl carbamates (subject to hydrolysis) is 1. The average molecular weight is 395 g/mol. The van der Waals surface area contributed by atoms with Crippen LogP contribution in [0, 0.1) is 5.41 Å². The van der Waals surface area contributed by atoms with E-state index in [-0.39, 0.29) is 17.9 Å². The molecule has 29 heavy (non-hydrogen) atoms. The Labute approximate surface area is 172 Å². The summed E-state index contributed by atoms with van der Waals surface area (Å²) in [5.74, 6) is -1.08. The highest BCUT2D eigenvalue weighted by molar-refractivity contribution is 5.81. The number of carbonyl (C=O) groups excluding carboxylic acids is 1. The van der Waals surface area contributed by atoms with E-state index >= 15 is 0 Å². The number of hydrogen-bond acceptors (Lipinski definition) is 3. The van der Waals surface area contributed by atoms with Crippen molar-refractivity contribution in [3.63, 3.8) is 0 Å². The number of carbonyl (C=O) groups is 2. The van der Waals surface area contributed by atoms with Gasteiger partial charge in [-0.2, -0.15) is 0 Å². The summed E-state index contributed by atoms with van der Waals surface area (Å²) < 4.78 is 5.47. The van der Waals surface area contributed by atoms with E-state index < -0.39 is 18.1 Å². The van der Waals surface area contributed by atoms with Crippen LogP contribution in [0.15, 0.2) is 48.5 Å². The SMILES string of the molecule is CCC(C)(C)CCC(NC(=O)OCC1c2ccccc2-c2ccccc21)C(=O)O. The number of aliphatic carboxylic acids is 1. The summed E-state index contributed by atoms with van der Waals surface area (Å²) in [6.07, 6.45) is 1.35. The van der Waals surface area contributed by atoms with Gasteiger partial charge in [0.25, 0.3) is 0 Å². The molecule has 1 unspecified atom stereocenters. The summed E-state index contributed by atoms with van der Waals surface area (Å²) in [6.45, 7) is 6.44. The van der Waals surface area contributed by atoms with Crippen LogP contribution >= 0.6 is 0 Å². The predicted molar refractivity (Wildman–Crippen MR) is 113 cm³/mol. The predicted octanol–water partition coefficient (Wildman–Crippen LogP) is 5.19. The lowest BCUT2D eigenvalue weighted by atomic mass is 9.84. The van der Waals surface area contributed by atoms with Crippen molar-refractivity contribution in [3.05, 3.63) is 59.7 Å². The first-order valence-electron chi connectivity index (χ1n) is 10.2. The van der Waals surface area contributed by atoms with Gasteiger partial charge in [-0.15, -0.1) is 0 Å². The molecule has 5 nitrogen and oxygen atoms in total. The second-order valence-electron chi connectivity index (χ2n) is 8.42. The van der Waals surface area contributed by atoms with Crippen molar-refractivity contribution in [1.29, 1.82) is 0 Å². The summed E-state index contributed by atoms with van der Waals surface area (Å²) in [5, 5.41) is 12.0. The van der Waals surface area contributed by atoms with Crippen molar-refractivity contribution < 1.29 is 19.4 Å². The molecule has 0 radical (unpaired) electrons. The molecule has 2 aromatic carbocycles. The van der Waals surface area contributed by atoms with E-state index in [2.05, 4.69) is 38.2 Å². The smallest absolute Gasteiger partial charge is 0.407 e. The second-order valence-corrected chi connectivity index (χ2v) is 8.42. The Kier molecular flexibility index (Phi) is 6.26. The summed E-state index contributed by atoms with van der Waals surface area (Å²) in [6, 6.07) is 15.3. The van der Waals surface area contributed by atoms with E-state index in [9.17, 15) is 14.7 Å². The summed E-state index contributed by atoms with van der Waals surface area (Å²) in [4.78, 5) is 23.9. The van der Waals surface area contributed by atoms with Crippen LogP contribution in [0.1, 0.15) is 57.1 Å². The van der Waals surface area contributed by atoms with Gasteiger partial charge in [0, 0.05) is 5.92 Å². The Morgan fingerprint density at radius 1 is 1.07 bits per heavy atom. The van der Waals surface area contributed by atoms with Crippen molar-refractivity contribution in [2.75, 3.05) is 6.61 Å². The molecule has 2 N–H and O–H groups in total. The molecule has 154 valence electrons. The Morgan fingerprint density at radius 3 is 2.14 bits per heavy atom. The number of nitrogens with one attached hydrogen (secondary N) is 1. The largest absolute Gasteiger partial charge is 0.480 e. The molecule has 0 heterocycles. The minimum Gasteiger partial charge on any atom is -0.480 e. The second kappa shape index (κ2) is 8.68. The maximum atomic E-state index is 12.3. The lowest BCUT2D eigenvalue weighted by Crippen LogP contribution is -2.42. The van der Waals surface area contributed by atoms with Gasteiger partial charge < -0.3 is 15.2 Å². The quantitative estimate of drug-likeness (QED) is 0.644. The lowest BCUT2D eigenvalue weighted by Gasteiger charge is -2.24. The highest BCUT2D eigenvalue weighted by Gasteiger charge is 2.30. The molecular weight excluding hydrogens is 366 g/mol. The molecule has 1 amide bonds. The molecule has 0 fully saturated rings. The molecule has 1 atom stereocenters. The summed E-state index contributed by atoms with van der Waals surface area (Å²) in [5.41, 5.74) is 4.60. The molecule has 5 heteroatoms. The molecule has 3 rings (SSSR count). The molecule has 1 aliphatic rings. The third-order valence-electron chi connectivity index (χ3n) is 6.00. The minimum absolute atomic E-state index is 0.0382. The molecule has 0 aliphatic heterocycles. The van der Waals surface area contributed by atoms with Crippen LogP contribution < -0.4 is 5.32 Å². The number of benzene rings is 2. The van der Waals surface area contributed by atoms with Gasteiger partial charge in [-0.25, -0.2) is 9.59 Å². The number of carboxylic acid groups (broad SMARTS) is 1. The van der Waals surface area contributed by atoms with Crippen molar-refractivity contribution in [1.82, 2.24) is 5.32 Å². The Hall–Kier alpha value is -2.82. The van der Waals surface area contributed by atoms with E-state index in [1.54, 1.807) is 0 Å². The van der Waals surface area contributed by atoms with Gasteiger partial charge in [0.2, 0.25) is 0 Å². The first-order valence-corrected chi connectivity index (χ1v) is 10.2. The van der Waals surface area contributed by atoms with Crippen LogP contribution in [0.4, 0.5) is 4.79 Å². The molecule has 0 saturated carbocycles. The van der Waals surface area contributed by atoms with Crippen LogP contribution in [0.2, 0.25) is 0 Å². The zero-order valence-electron chi connectivity index (χ0n) is 17.3. The lowest BCUT2D eigenvalue weighted by molar-refractivity contribution is -0.139. The van der Waals surface area contributed by atoms with Crippen LogP contribution in [0.3, 0.4) is 0 Å². The zero-order chi connectivity index (χ0) is 21.0. The fourth-order valence-electron chi connectivity index (χ4n) is 3.75. The van der Waals surface area contributed by atoms with Crippen LogP contribution in [0.25, 0.3) is 11.1 Å². The topological polar surface area (TPSA) is 75.6 Å². The summed E-state index contributed by atoms with van der Waals surface area (Å²) in [7, 11) is 0. The number of ether oxygens (including phenoxy) is 1. The van der Waals surface area contributed by atoms with E-state index in [1.807, 2.05) is 36.4 Å². The van der Waals surface area contributed by atoms with Gasteiger partial charge in [0.15, 0.2) is 0 Å². The van der Waals surface area contributed by atoms with E-state index in [0.717, 1.165) is 28.7 Å². The zero-order valence-corrected chi connectivity index (χ0v) is 17.3. The first kappa shape index (κ1) is 20.9. The Morgan fingerprint density at radius 2 is 1.62 bits per heavy atom. The third kappa shape index (κ3) is 4.78. The van der Waals surface area contributed by atoms with Crippen LogP contribution in [-0.2, 0) is 9.53 Å². The molecule has 1 aliphatic carbocycles. The van der Waals surface area contributed by atoms with Gasteiger partial charge in [0.05, 0.1) is 0 Å². The van der Waals surface area contributed by atoms with E-state index in [4.69, 9.17) is 4.74 Å². The van der Waals surface area contributed by atoms with E-state index in [1.165, 1.54) is 0 Å². The van der Waals surface area contributed by atoms with E-state index in [0.29, 0.717) is 12.8 Å². The number of rotatable bonds is 8.